The average molecular weight is 445 g/mol. The summed E-state index contributed by atoms with van der Waals surface area (Å²) in [6.07, 6.45) is 0.828. The van der Waals surface area contributed by atoms with E-state index in [4.69, 9.17) is 0 Å². The van der Waals surface area contributed by atoms with Crippen LogP contribution in [-0.4, -0.2) is 64.5 Å². The first-order valence-electron chi connectivity index (χ1n) is 10.7. The van der Waals surface area contributed by atoms with E-state index in [9.17, 15) is 13.2 Å². The van der Waals surface area contributed by atoms with Crippen LogP contribution in [0.1, 0.15) is 18.9 Å². The molecule has 1 aliphatic heterocycles. The van der Waals surface area contributed by atoms with Crippen molar-refractivity contribution in [2.45, 2.75) is 31.2 Å². The van der Waals surface area contributed by atoms with Crippen LogP contribution in [0, 0.1) is 6.92 Å². The fraction of sp³-hybridized carbons (Fsp3) is 0.435. The lowest BCUT2D eigenvalue weighted by atomic mass is 10.2. The first kappa shape index (κ1) is 23.2. The van der Waals surface area contributed by atoms with Gasteiger partial charge in [-0.05, 0) is 56.6 Å². The number of carbonyl (C=O) groups excluding carboxylic acids is 1. The van der Waals surface area contributed by atoms with E-state index in [1.165, 1.54) is 23.4 Å². The molecule has 1 amide bonds. The average Bonchev–Trinajstić information content (AvgIpc) is 2.77. The van der Waals surface area contributed by atoms with Crippen molar-refractivity contribution >= 4 is 21.6 Å². The molecule has 2 aromatic rings. The van der Waals surface area contributed by atoms with Crippen LogP contribution in [0.15, 0.2) is 59.5 Å². The normalized spacial score (nSPS) is 16.1. The number of nitrogens with one attached hydrogen (secondary N) is 2. The summed E-state index contributed by atoms with van der Waals surface area (Å²) < 4.78 is 27.1. The molecule has 1 aliphatic rings. The van der Waals surface area contributed by atoms with E-state index >= 15 is 0 Å². The van der Waals surface area contributed by atoms with Gasteiger partial charge in [-0.3, -0.25) is 9.69 Å². The zero-order valence-electron chi connectivity index (χ0n) is 18.3. The minimum absolute atomic E-state index is 0.152. The predicted molar refractivity (Wildman–Crippen MR) is 124 cm³/mol. The zero-order chi connectivity index (χ0) is 22.3. The van der Waals surface area contributed by atoms with Gasteiger partial charge in [0.15, 0.2) is 0 Å². The highest BCUT2D eigenvalue weighted by Crippen LogP contribution is 2.17. The maximum absolute atomic E-state index is 12.3. The van der Waals surface area contributed by atoms with Gasteiger partial charge in [0.25, 0.3) is 0 Å². The smallest absolute Gasteiger partial charge is 0.241 e. The first-order valence-corrected chi connectivity index (χ1v) is 12.2. The van der Waals surface area contributed by atoms with Crippen LogP contribution >= 0.6 is 0 Å². The largest absolute Gasteiger partial charge is 0.369 e. The van der Waals surface area contributed by atoms with Gasteiger partial charge in [0.05, 0.1) is 10.9 Å². The number of hydrogen-bond donors (Lipinski definition) is 2. The Balaban J connectivity index is 1.35. The molecule has 8 heteroatoms. The van der Waals surface area contributed by atoms with Gasteiger partial charge in [0, 0.05) is 38.4 Å². The minimum atomic E-state index is -3.71. The fourth-order valence-corrected chi connectivity index (χ4v) is 4.90. The van der Waals surface area contributed by atoms with Crippen molar-refractivity contribution in [3.63, 3.8) is 0 Å². The van der Waals surface area contributed by atoms with E-state index in [1.54, 1.807) is 25.1 Å². The van der Waals surface area contributed by atoms with Gasteiger partial charge in [-0.1, -0.05) is 30.3 Å². The number of rotatable bonds is 9. The van der Waals surface area contributed by atoms with Crippen LogP contribution in [0.4, 0.5) is 5.69 Å². The third-order valence-electron chi connectivity index (χ3n) is 5.47. The molecular formula is C23H32N4O3S. The van der Waals surface area contributed by atoms with Gasteiger partial charge in [-0.25, -0.2) is 8.42 Å². The maximum Gasteiger partial charge on any atom is 0.241 e. The van der Waals surface area contributed by atoms with Crippen molar-refractivity contribution in [3.8, 4) is 0 Å². The molecule has 31 heavy (non-hydrogen) atoms. The highest BCUT2D eigenvalue weighted by atomic mass is 32.2. The van der Waals surface area contributed by atoms with E-state index < -0.39 is 16.1 Å². The second kappa shape index (κ2) is 10.7. The van der Waals surface area contributed by atoms with Crippen LogP contribution in [0.3, 0.4) is 0 Å². The fourth-order valence-electron chi connectivity index (χ4n) is 3.68. The van der Waals surface area contributed by atoms with E-state index in [0.29, 0.717) is 6.54 Å². The van der Waals surface area contributed by atoms with Gasteiger partial charge >= 0.3 is 0 Å². The molecule has 2 N–H and O–H groups in total. The lowest BCUT2D eigenvalue weighted by Gasteiger charge is -2.36. The van der Waals surface area contributed by atoms with Crippen molar-refractivity contribution in [2.75, 3.05) is 44.2 Å². The van der Waals surface area contributed by atoms with Crippen molar-refractivity contribution < 1.29 is 13.2 Å². The highest BCUT2D eigenvalue weighted by Gasteiger charge is 2.22. The van der Waals surface area contributed by atoms with Crippen LogP contribution in [-0.2, 0) is 14.8 Å². The Bertz CT molecular complexity index is 958. The summed E-state index contributed by atoms with van der Waals surface area (Å²) in [5, 5.41) is 2.83. The summed E-state index contributed by atoms with van der Waals surface area (Å²) in [6, 6.07) is 15.8. The molecule has 0 radical (unpaired) electrons. The Morgan fingerprint density at radius 1 is 1.03 bits per heavy atom. The number of hydrogen-bond acceptors (Lipinski definition) is 5. The number of amides is 1. The minimum Gasteiger partial charge on any atom is -0.369 e. The highest BCUT2D eigenvalue weighted by molar-refractivity contribution is 7.89. The van der Waals surface area contributed by atoms with Gasteiger partial charge in [0.2, 0.25) is 15.9 Å². The lowest BCUT2D eigenvalue weighted by molar-refractivity contribution is -0.122. The first-order chi connectivity index (χ1) is 14.8. The van der Waals surface area contributed by atoms with E-state index in [2.05, 4.69) is 51.0 Å². The summed E-state index contributed by atoms with van der Waals surface area (Å²) >= 11 is 0. The number of piperazine rings is 1. The third kappa shape index (κ3) is 6.78. The zero-order valence-corrected chi connectivity index (χ0v) is 19.1. The Hall–Kier alpha value is -2.42. The summed E-state index contributed by atoms with van der Waals surface area (Å²) in [7, 11) is -3.71. The van der Waals surface area contributed by atoms with Crippen LogP contribution in [0.25, 0.3) is 0 Å². The number of carbonyl (C=O) groups is 1. The molecule has 0 unspecified atom stereocenters. The SMILES string of the molecule is Cc1cccc(N2CCN(CCCNC(=O)[C@H](C)NS(=O)(=O)c3ccccc3)CC2)c1. The van der Waals surface area contributed by atoms with Gasteiger partial charge < -0.3 is 10.2 Å². The van der Waals surface area contributed by atoms with Gasteiger partial charge in [0.1, 0.15) is 0 Å². The molecule has 7 nitrogen and oxygen atoms in total. The number of nitrogens with zero attached hydrogens (tertiary/aromatic N) is 2. The molecule has 3 rings (SSSR count). The standard InChI is InChI=1S/C23H32N4O3S/c1-19-8-6-9-21(18-19)27-16-14-26(15-17-27)13-7-12-24-23(28)20(2)25-31(29,30)22-10-4-3-5-11-22/h3-6,8-11,18,20,25H,7,12-17H2,1-2H3,(H,24,28)/t20-/m0/s1. The molecule has 1 atom stereocenters. The predicted octanol–water partition coefficient (Wildman–Crippen LogP) is 1.99. The Kier molecular flexibility index (Phi) is 8.06. The summed E-state index contributed by atoms with van der Waals surface area (Å²) in [6.45, 7) is 9.08. The number of benzene rings is 2. The summed E-state index contributed by atoms with van der Waals surface area (Å²) in [5.74, 6) is -0.316. The van der Waals surface area contributed by atoms with Gasteiger partial charge in [-0.15, -0.1) is 0 Å². The number of sulfonamides is 1. The van der Waals surface area contributed by atoms with E-state index in [0.717, 1.165) is 39.1 Å². The number of anilines is 1. The van der Waals surface area contributed by atoms with Crippen LogP contribution < -0.4 is 14.9 Å². The quantitative estimate of drug-likeness (QED) is 0.578. The second-order valence-electron chi connectivity index (χ2n) is 7.97. The third-order valence-corrected chi connectivity index (χ3v) is 7.02. The molecule has 0 bridgehead atoms. The van der Waals surface area contributed by atoms with Gasteiger partial charge in [-0.2, -0.15) is 4.72 Å². The van der Waals surface area contributed by atoms with E-state index in [1.807, 2.05) is 0 Å². The number of aryl methyl sites for hydroxylation is 1. The topological polar surface area (TPSA) is 81.8 Å². The molecule has 0 aliphatic carbocycles. The summed E-state index contributed by atoms with van der Waals surface area (Å²) in [5.41, 5.74) is 2.55. The maximum atomic E-state index is 12.3. The van der Waals surface area contributed by atoms with Crippen molar-refractivity contribution in [3.05, 3.63) is 60.2 Å². The molecule has 0 saturated carbocycles. The molecule has 1 heterocycles. The Morgan fingerprint density at radius 3 is 2.42 bits per heavy atom. The molecule has 0 spiro atoms. The lowest BCUT2D eigenvalue weighted by Crippen LogP contribution is -2.47. The van der Waals surface area contributed by atoms with Crippen LogP contribution in [0.5, 0.6) is 0 Å². The van der Waals surface area contributed by atoms with Crippen molar-refractivity contribution in [1.29, 1.82) is 0 Å². The molecular weight excluding hydrogens is 412 g/mol. The second-order valence-corrected chi connectivity index (χ2v) is 9.68. The summed E-state index contributed by atoms with van der Waals surface area (Å²) in [4.78, 5) is 17.2. The van der Waals surface area contributed by atoms with E-state index in [-0.39, 0.29) is 10.8 Å². The van der Waals surface area contributed by atoms with Crippen molar-refractivity contribution in [2.24, 2.45) is 0 Å². The molecule has 1 saturated heterocycles. The molecule has 1 fully saturated rings. The molecule has 168 valence electrons. The monoisotopic (exact) mass is 444 g/mol. The van der Waals surface area contributed by atoms with Crippen LogP contribution in [0.2, 0.25) is 0 Å². The van der Waals surface area contributed by atoms with Crippen molar-refractivity contribution in [1.82, 2.24) is 14.9 Å². The Labute approximate surface area is 185 Å². The molecule has 0 aromatic heterocycles. The molecule has 2 aromatic carbocycles. The Morgan fingerprint density at radius 2 is 1.74 bits per heavy atom.